The SMILES string of the molecule is CCCc1c2ccccc2cc2c(C(C)(C)O)cccc12. The van der Waals surface area contributed by atoms with Crippen LogP contribution >= 0.6 is 0 Å². The van der Waals surface area contributed by atoms with Gasteiger partial charge in [0.1, 0.15) is 0 Å². The lowest BCUT2D eigenvalue weighted by Crippen LogP contribution is -2.16. The van der Waals surface area contributed by atoms with Crippen LogP contribution in [0.3, 0.4) is 0 Å². The molecule has 3 rings (SSSR count). The fourth-order valence-electron chi connectivity index (χ4n) is 3.23. The van der Waals surface area contributed by atoms with Crippen molar-refractivity contribution in [2.75, 3.05) is 0 Å². The summed E-state index contributed by atoms with van der Waals surface area (Å²) in [6.45, 7) is 5.93. The quantitative estimate of drug-likeness (QED) is 0.655. The van der Waals surface area contributed by atoms with E-state index in [0.29, 0.717) is 0 Å². The van der Waals surface area contributed by atoms with E-state index in [2.05, 4.69) is 49.4 Å². The van der Waals surface area contributed by atoms with Crippen LogP contribution < -0.4 is 0 Å². The van der Waals surface area contributed by atoms with Gasteiger partial charge in [-0.1, -0.05) is 55.8 Å². The first-order chi connectivity index (χ1) is 10.0. The van der Waals surface area contributed by atoms with Crippen LogP contribution in [0.5, 0.6) is 0 Å². The summed E-state index contributed by atoms with van der Waals surface area (Å²) in [4.78, 5) is 0. The Morgan fingerprint density at radius 3 is 2.33 bits per heavy atom. The monoisotopic (exact) mass is 278 g/mol. The highest BCUT2D eigenvalue weighted by molar-refractivity contribution is 6.03. The van der Waals surface area contributed by atoms with E-state index in [1.54, 1.807) is 0 Å². The summed E-state index contributed by atoms with van der Waals surface area (Å²) < 4.78 is 0. The molecule has 0 unspecified atom stereocenters. The minimum absolute atomic E-state index is 0.828. The molecule has 0 aliphatic heterocycles. The van der Waals surface area contributed by atoms with E-state index >= 15 is 0 Å². The van der Waals surface area contributed by atoms with Gasteiger partial charge < -0.3 is 5.11 Å². The Hall–Kier alpha value is -1.86. The van der Waals surface area contributed by atoms with Gasteiger partial charge in [0, 0.05) is 0 Å². The Morgan fingerprint density at radius 2 is 1.62 bits per heavy atom. The van der Waals surface area contributed by atoms with Gasteiger partial charge in [-0.15, -0.1) is 0 Å². The third kappa shape index (κ3) is 2.43. The molecule has 1 N–H and O–H groups in total. The number of benzene rings is 3. The molecule has 3 aromatic rings. The van der Waals surface area contributed by atoms with E-state index < -0.39 is 5.60 Å². The van der Waals surface area contributed by atoms with Crippen molar-refractivity contribution in [2.24, 2.45) is 0 Å². The molecule has 1 nitrogen and oxygen atoms in total. The zero-order chi connectivity index (χ0) is 15.0. The molecule has 0 amide bonds. The lowest BCUT2D eigenvalue weighted by atomic mass is 9.87. The molecular formula is C20H22O. The Bertz CT molecular complexity index is 794. The molecule has 0 heterocycles. The van der Waals surface area contributed by atoms with E-state index in [9.17, 15) is 5.11 Å². The fourth-order valence-corrected chi connectivity index (χ4v) is 3.23. The Morgan fingerprint density at radius 1 is 0.905 bits per heavy atom. The third-order valence-corrected chi connectivity index (χ3v) is 4.18. The Labute approximate surface area is 126 Å². The van der Waals surface area contributed by atoms with Crippen molar-refractivity contribution in [2.45, 2.75) is 39.2 Å². The van der Waals surface area contributed by atoms with Gasteiger partial charge >= 0.3 is 0 Å². The molecule has 0 aromatic heterocycles. The molecular weight excluding hydrogens is 256 g/mol. The van der Waals surface area contributed by atoms with Crippen LogP contribution in [0.1, 0.15) is 38.3 Å². The lowest BCUT2D eigenvalue weighted by molar-refractivity contribution is 0.0802. The molecule has 0 fully saturated rings. The van der Waals surface area contributed by atoms with E-state index in [4.69, 9.17) is 0 Å². The predicted molar refractivity (Wildman–Crippen MR) is 90.7 cm³/mol. The summed E-state index contributed by atoms with van der Waals surface area (Å²) in [5.74, 6) is 0. The highest BCUT2D eigenvalue weighted by Crippen LogP contribution is 2.35. The van der Waals surface area contributed by atoms with E-state index in [-0.39, 0.29) is 0 Å². The largest absolute Gasteiger partial charge is 0.386 e. The van der Waals surface area contributed by atoms with Gasteiger partial charge in [-0.05, 0) is 59.0 Å². The van der Waals surface area contributed by atoms with Crippen LogP contribution in [0.25, 0.3) is 21.5 Å². The summed E-state index contributed by atoms with van der Waals surface area (Å²) in [6.07, 6.45) is 2.18. The normalized spacial score (nSPS) is 12.2. The molecule has 0 saturated carbocycles. The maximum atomic E-state index is 10.5. The standard InChI is InChI=1S/C20H22O/c1-4-8-16-15-10-6-5-9-14(15)13-18-17(16)11-7-12-19(18)20(2,3)21/h5-7,9-13,21H,4,8H2,1-3H3. The van der Waals surface area contributed by atoms with E-state index in [0.717, 1.165) is 18.4 Å². The van der Waals surface area contributed by atoms with Gasteiger partial charge in [0.15, 0.2) is 0 Å². The van der Waals surface area contributed by atoms with Gasteiger partial charge in [-0.25, -0.2) is 0 Å². The zero-order valence-electron chi connectivity index (χ0n) is 13.0. The molecule has 0 spiro atoms. The van der Waals surface area contributed by atoms with Crippen LogP contribution in [0.4, 0.5) is 0 Å². The molecule has 3 aromatic carbocycles. The number of aryl methyl sites for hydroxylation is 1. The number of fused-ring (bicyclic) bond motifs is 2. The zero-order valence-corrected chi connectivity index (χ0v) is 13.0. The first-order valence-electron chi connectivity index (χ1n) is 7.68. The second kappa shape index (κ2) is 5.16. The van der Waals surface area contributed by atoms with Gasteiger partial charge in [0.2, 0.25) is 0 Å². The number of hydrogen-bond acceptors (Lipinski definition) is 1. The summed E-state index contributed by atoms with van der Waals surface area (Å²) in [5.41, 5.74) is 1.57. The second-order valence-electron chi connectivity index (χ2n) is 6.29. The topological polar surface area (TPSA) is 20.2 Å². The van der Waals surface area contributed by atoms with Crippen molar-refractivity contribution in [3.63, 3.8) is 0 Å². The number of hydrogen-bond donors (Lipinski definition) is 1. The highest BCUT2D eigenvalue weighted by atomic mass is 16.3. The fraction of sp³-hybridized carbons (Fsp3) is 0.300. The van der Waals surface area contributed by atoms with Crippen molar-refractivity contribution in [1.29, 1.82) is 0 Å². The van der Waals surface area contributed by atoms with Gasteiger partial charge in [0.05, 0.1) is 5.60 Å². The summed E-state index contributed by atoms with van der Waals surface area (Å²) in [6, 6.07) is 17.0. The van der Waals surface area contributed by atoms with Crippen molar-refractivity contribution in [3.8, 4) is 0 Å². The molecule has 21 heavy (non-hydrogen) atoms. The number of aliphatic hydroxyl groups is 1. The number of rotatable bonds is 3. The van der Waals surface area contributed by atoms with Crippen LogP contribution in [0.15, 0.2) is 48.5 Å². The smallest absolute Gasteiger partial charge is 0.0846 e. The van der Waals surface area contributed by atoms with Crippen LogP contribution in [-0.4, -0.2) is 5.11 Å². The van der Waals surface area contributed by atoms with Crippen molar-refractivity contribution >= 4 is 21.5 Å². The average Bonchev–Trinajstić information content (AvgIpc) is 2.45. The average molecular weight is 278 g/mol. The van der Waals surface area contributed by atoms with E-state index in [1.165, 1.54) is 27.1 Å². The second-order valence-corrected chi connectivity index (χ2v) is 6.29. The molecule has 0 radical (unpaired) electrons. The molecule has 0 aliphatic rings. The minimum atomic E-state index is -0.828. The van der Waals surface area contributed by atoms with Gasteiger partial charge in [-0.3, -0.25) is 0 Å². The Balaban J connectivity index is 2.47. The van der Waals surface area contributed by atoms with Crippen molar-refractivity contribution < 1.29 is 5.11 Å². The van der Waals surface area contributed by atoms with Crippen LogP contribution in [0, 0.1) is 0 Å². The first kappa shape index (κ1) is 14.1. The molecule has 108 valence electrons. The van der Waals surface area contributed by atoms with Crippen LogP contribution in [0.2, 0.25) is 0 Å². The summed E-state index contributed by atoms with van der Waals surface area (Å²) in [5, 5.41) is 15.5. The molecule has 0 atom stereocenters. The highest BCUT2D eigenvalue weighted by Gasteiger charge is 2.20. The van der Waals surface area contributed by atoms with Gasteiger partial charge in [0.25, 0.3) is 0 Å². The van der Waals surface area contributed by atoms with Crippen molar-refractivity contribution in [1.82, 2.24) is 0 Å². The predicted octanol–water partition coefficient (Wildman–Crippen LogP) is 5.17. The summed E-state index contributed by atoms with van der Waals surface area (Å²) >= 11 is 0. The summed E-state index contributed by atoms with van der Waals surface area (Å²) in [7, 11) is 0. The molecule has 0 bridgehead atoms. The molecule has 0 saturated heterocycles. The van der Waals surface area contributed by atoms with Crippen molar-refractivity contribution in [3.05, 3.63) is 59.7 Å². The van der Waals surface area contributed by atoms with E-state index in [1.807, 2.05) is 19.9 Å². The minimum Gasteiger partial charge on any atom is -0.386 e. The van der Waals surface area contributed by atoms with Crippen LogP contribution in [-0.2, 0) is 12.0 Å². The maximum Gasteiger partial charge on any atom is 0.0846 e. The molecule has 0 aliphatic carbocycles. The van der Waals surface area contributed by atoms with Gasteiger partial charge in [-0.2, -0.15) is 0 Å². The maximum absolute atomic E-state index is 10.5. The molecule has 1 heteroatoms. The Kier molecular flexibility index (Phi) is 3.46. The first-order valence-corrected chi connectivity index (χ1v) is 7.68. The third-order valence-electron chi connectivity index (χ3n) is 4.18. The lowest BCUT2D eigenvalue weighted by Gasteiger charge is -2.22.